The largest absolute Gasteiger partial charge is 0.363 e. The van der Waals surface area contributed by atoms with Gasteiger partial charge in [0.2, 0.25) is 0 Å². The number of nitrogens with zero attached hydrogens (tertiary/aromatic N) is 4. The van der Waals surface area contributed by atoms with E-state index in [1.807, 2.05) is 12.4 Å². The maximum absolute atomic E-state index is 12.4. The normalized spacial score (nSPS) is 30.6. The van der Waals surface area contributed by atoms with Gasteiger partial charge >= 0.3 is 0 Å². The maximum atomic E-state index is 12.4. The number of aromatic amines is 1. The van der Waals surface area contributed by atoms with Crippen LogP contribution in [0.25, 0.3) is 10.9 Å². The highest BCUT2D eigenvalue weighted by atomic mass is 19.1. The summed E-state index contributed by atoms with van der Waals surface area (Å²) < 4.78 is 12.4. The number of alkyl halides is 1. The van der Waals surface area contributed by atoms with Crippen LogP contribution in [-0.4, -0.2) is 69.2 Å². The third-order valence-electron chi connectivity index (χ3n) is 9.37. The maximum Gasteiger partial charge on any atom is 0.144 e. The lowest BCUT2D eigenvalue weighted by Crippen LogP contribution is -2.56. The second kappa shape index (κ2) is 9.10. The molecule has 5 aliphatic rings. The predicted molar refractivity (Wildman–Crippen MR) is 141 cm³/mol. The zero-order valence-electron chi connectivity index (χ0n) is 21.2. The summed E-state index contributed by atoms with van der Waals surface area (Å²) in [5.74, 6) is 2.63. The fourth-order valence-electron chi connectivity index (χ4n) is 7.56. The number of fused-ring (bicyclic) bond motifs is 5. The average molecular weight is 489 g/mol. The standard InChI is InChI=1S/C29H37FN6/c1-18-11-23-22-5-2-3-6-24(22)34-28(23)29(36(18)26-8-7-19-12-20(26)13-19)25-14-32-27(15-31-25)33-21-16-35(17-21)10-4-9-30/h2-3,5-6,14-15,18-21,26,29,34H,4,7-13,16-17H2,1H3,(H,32,33)/t18-,19?,20?,26-,29-/m1/s1. The third kappa shape index (κ3) is 3.82. The highest BCUT2D eigenvalue weighted by Crippen LogP contribution is 2.51. The van der Waals surface area contributed by atoms with Crippen molar-refractivity contribution >= 4 is 16.7 Å². The summed E-state index contributed by atoms with van der Waals surface area (Å²) in [6.45, 7) is 4.90. The molecule has 8 rings (SSSR count). The minimum atomic E-state index is -0.237. The quantitative estimate of drug-likeness (QED) is 0.493. The number of rotatable bonds is 7. The highest BCUT2D eigenvalue weighted by molar-refractivity contribution is 5.85. The Morgan fingerprint density at radius 1 is 1.11 bits per heavy atom. The molecule has 2 bridgehead atoms. The molecule has 1 aromatic carbocycles. The van der Waals surface area contributed by atoms with E-state index in [0.29, 0.717) is 24.5 Å². The fourth-order valence-corrected chi connectivity index (χ4v) is 7.56. The van der Waals surface area contributed by atoms with Crippen LogP contribution < -0.4 is 5.32 Å². The molecule has 7 heteroatoms. The minimum absolute atomic E-state index is 0.111. The Morgan fingerprint density at radius 2 is 1.97 bits per heavy atom. The molecule has 0 spiro atoms. The Kier molecular flexibility index (Phi) is 5.73. The van der Waals surface area contributed by atoms with E-state index in [1.54, 1.807) is 0 Å². The van der Waals surface area contributed by atoms with Crippen molar-refractivity contribution in [3.05, 3.63) is 53.6 Å². The number of hydrogen-bond acceptors (Lipinski definition) is 5. The third-order valence-corrected chi connectivity index (χ3v) is 9.37. The van der Waals surface area contributed by atoms with E-state index in [1.165, 1.54) is 47.8 Å². The number of para-hydroxylation sites is 1. The summed E-state index contributed by atoms with van der Waals surface area (Å²) in [5, 5.41) is 4.87. The van der Waals surface area contributed by atoms with E-state index < -0.39 is 0 Å². The molecule has 2 aliphatic heterocycles. The van der Waals surface area contributed by atoms with Gasteiger partial charge < -0.3 is 10.3 Å². The van der Waals surface area contributed by atoms with Gasteiger partial charge in [0.25, 0.3) is 0 Å². The molecule has 190 valence electrons. The van der Waals surface area contributed by atoms with Gasteiger partial charge in [0.15, 0.2) is 0 Å². The number of hydrogen-bond donors (Lipinski definition) is 2. The van der Waals surface area contributed by atoms with Gasteiger partial charge in [0, 0.05) is 48.3 Å². The number of benzene rings is 1. The van der Waals surface area contributed by atoms with Gasteiger partial charge in [-0.15, -0.1) is 0 Å². The van der Waals surface area contributed by atoms with Gasteiger partial charge in [0.1, 0.15) is 5.82 Å². The summed E-state index contributed by atoms with van der Waals surface area (Å²) in [6.07, 6.45) is 11.1. The van der Waals surface area contributed by atoms with Crippen molar-refractivity contribution in [1.82, 2.24) is 24.8 Å². The Morgan fingerprint density at radius 3 is 2.72 bits per heavy atom. The predicted octanol–water partition coefficient (Wildman–Crippen LogP) is 4.94. The Bertz CT molecular complexity index is 1210. The summed E-state index contributed by atoms with van der Waals surface area (Å²) >= 11 is 0. The summed E-state index contributed by atoms with van der Waals surface area (Å²) in [7, 11) is 0. The van der Waals surface area contributed by atoms with Crippen molar-refractivity contribution < 1.29 is 4.39 Å². The lowest BCUT2D eigenvalue weighted by molar-refractivity contribution is -0.0364. The summed E-state index contributed by atoms with van der Waals surface area (Å²) in [6, 6.07) is 10.3. The molecule has 0 amide bonds. The molecule has 4 heterocycles. The van der Waals surface area contributed by atoms with Crippen LogP contribution in [0.5, 0.6) is 0 Å². The lowest BCUT2D eigenvalue weighted by Gasteiger charge is -2.55. The monoisotopic (exact) mass is 488 g/mol. The van der Waals surface area contributed by atoms with Gasteiger partial charge in [-0.1, -0.05) is 18.2 Å². The summed E-state index contributed by atoms with van der Waals surface area (Å²) in [5.41, 5.74) is 5.03. The van der Waals surface area contributed by atoms with Crippen LogP contribution in [0.4, 0.5) is 10.2 Å². The average Bonchev–Trinajstić information content (AvgIpc) is 3.22. The molecule has 3 saturated carbocycles. The van der Waals surface area contributed by atoms with Crippen LogP contribution in [-0.2, 0) is 6.42 Å². The van der Waals surface area contributed by atoms with Crippen LogP contribution in [0.15, 0.2) is 36.7 Å². The first-order valence-corrected chi connectivity index (χ1v) is 13.9. The van der Waals surface area contributed by atoms with E-state index in [2.05, 4.69) is 51.3 Å². The van der Waals surface area contributed by atoms with Crippen molar-refractivity contribution in [2.24, 2.45) is 11.8 Å². The van der Waals surface area contributed by atoms with Gasteiger partial charge in [-0.25, -0.2) is 4.98 Å². The molecule has 0 radical (unpaired) electrons. The molecular formula is C29H37FN6. The van der Waals surface area contributed by atoms with Gasteiger partial charge in [-0.05, 0) is 68.9 Å². The molecule has 1 saturated heterocycles. The molecule has 2 N–H and O–H groups in total. The molecule has 3 aliphatic carbocycles. The molecular weight excluding hydrogens is 451 g/mol. The first-order chi connectivity index (χ1) is 17.7. The van der Waals surface area contributed by atoms with E-state index >= 15 is 0 Å². The smallest absolute Gasteiger partial charge is 0.144 e. The lowest BCUT2D eigenvalue weighted by atomic mass is 9.61. The minimum Gasteiger partial charge on any atom is -0.363 e. The molecule has 4 fully saturated rings. The van der Waals surface area contributed by atoms with Gasteiger partial charge in [-0.3, -0.25) is 19.2 Å². The Balaban J connectivity index is 1.18. The first kappa shape index (κ1) is 22.7. The van der Waals surface area contributed by atoms with Gasteiger partial charge in [-0.2, -0.15) is 0 Å². The van der Waals surface area contributed by atoms with Crippen molar-refractivity contribution in [3.8, 4) is 0 Å². The van der Waals surface area contributed by atoms with Crippen molar-refractivity contribution in [3.63, 3.8) is 0 Å². The van der Waals surface area contributed by atoms with Crippen molar-refractivity contribution in [1.29, 1.82) is 0 Å². The number of anilines is 1. The number of aromatic nitrogens is 3. The van der Waals surface area contributed by atoms with Crippen LogP contribution in [0.3, 0.4) is 0 Å². The van der Waals surface area contributed by atoms with E-state index in [0.717, 1.165) is 49.4 Å². The van der Waals surface area contributed by atoms with E-state index in [9.17, 15) is 4.39 Å². The van der Waals surface area contributed by atoms with Crippen LogP contribution in [0.2, 0.25) is 0 Å². The van der Waals surface area contributed by atoms with E-state index in [4.69, 9.17) is 9.97 Å². The zero-order chi connectivity index (χ0) is 24.2. The second-order valence-electron chi connectivity index (χ2n) is 11.7. The van der Waals surface area contributed by atoms with Crippen molar-refractivity contribution in [2.75, 3.05) is 31.6 Å². The number of H-pyrrole nitrogens is 1. The topological polar surface area (TPSA) is 60.1 Å². The SMILES string of the molecule is C[C@@H]1Cc2c([nH]c3ccccc23)[C@@H](c2cnc(NC3CN(CCCF)C3)cn2)N1[C@@H]1CCC2CC1C2. The number of nitrogens with one attached hydrogen (secondary N) is 2. The Labute approximate surface area is 212 Å². The van der Waals surface area contributed by atoms with Crippen LogP contribution >= 0.6 is 0 Å². The molecule has 3 atom stereocenters. The summed E-state index contributed by atoms with van der Waals surface area (Å²) in [4.78, 5) is 18.7. The second-order valence-corrected chi connectivity index (χ2v) is 11.7. The zero-order valence-corrected chi connectivity index (χ0v) is 21.2. The molecule has 3 aromatic rings. The number of halogens is 1. The Hall–Kier alpha value is -2.51. The van der Waals surface area contributed by atoms with Crippen LogP contribution in [0, 0.1) is 11.8 Å². The van der Waals surface area contributed by atoms with Gasteiger partial charge in [0.05, 0.1) is 36.8 Å². The molecule has 2 aromatic heterocycles. The highest BCUT2D eigenvalue weighted by Gasteiger charge is 2.48. The van der Waals surface area contributed by atoms with E-state index in [-0.39, 0.29) is 12.7 Å². The molecule has 0 unspecified atom stereocenters. The number of likely N-dealkylation sites (tertiary alicyclic amines) is 1. The van der Waals surface area contributed by atoms with Crippen LogP contribution in [0.1, 0.15) is 62.0 Å². The molecule has 36 heavy (non-hydrogen) atoms. The molecule has 6 nitrogen and oxygen atoms in total. The fraction of sp³-hybridized carbons (Fsp3) is 0.586. The van der Waals surface area contributed by atoms with Crippen molar-refractivity contribution in [2.45, 2.75) is 69.6 Å². The first-order valence-electron chi connectivity index (χ1n) is 13.9.